The average Bonchev–Trinajstić information content (AvgIpc) is 2.73. The molecule has 0 radical (unpaired) electrons. The minimum Gasteiger partial charge on any atom is -0.497 e. The minimum absolute atomic E-state index is 0.333. The molecule has 0 saturated heterocycles. The quantitative estimate of drug-likeness (QED) is 0.414. The molecule has 152 valence electrons. The average molecular weight is 432 g/mol. The molecule has 29 heavy (non-hydrogen) atoms. The van der Waals surface area contributed by atoms with Crippen LogP contribution in [-0.4, -0.2) is 13.7 Å². The first-order valence-corrected chi connectivity index (χ1v) is 10.0. The van der Waals surface area contributed by atoms with Crippen LogP contribution < -0.4 is 19.5 Å². The van der Waals surface area contributed by atoms with Crippen LogP contribution in [0, 0.1) is 0 Å². The molecule has 0 bridgehead atoms. The molecule has 3 aromatic rings. The summed E-state index contributed by atoms with van der Waals surface area (Å²) in [6.07, 6.45) is 0. The van der Waals surface area contributed by atoms with Gasteiger partial charge >= 0.3 is 0 Å². The van der Waals surface area contributed by atoms with E-state index < -0.39 is 0 Å². The van der Waals surface area contributed by atoms with Crippen LogP contribution in [0.25, 0.3) is 0 Å². The van der Waals surface area contributed by atoms with Crippen molar-refractivity contribution in [3.05, 3.63) is 81.8 Å². The Kier molecular flexibility index (Phi) is 7.50. The molecule has 0 spiro atoms. The second-order valence-corrected chi connectivity index (χ2v) is 7.16. The lowest BCUT2D eigenvalue weighted by molar-refractivity contribution is 0.269. The molecule has 3 aromatic carbocycles. The van der Waals surface area contributed by atoms with Gasteiger partial charge in [0.1, 0.15) is 12.4 Å². The zero-order valence-electron chi connectivity index (χ0n) is 16.4. The van der Waals surface area contributed by atoms with Gasteiger partial charge in [0.25, 0.3) is 0 Å². The van der Waals surface area contributed by atoms with E-state index in [4.69, 9.17) is 37.4 Å². The van der Waals surface area contributed by atoms with E-state index in [0.29, 0.717) is 41.3 Å². The molecular formula is C23H23Cl2NO3. The highest BCUT2D eigenvalue weighted by Crippen LogP contribution is 2.31. The van der Waals surface area contributed by atoms with Gasteiger partial charge in [-0.05, 0) is 61.0 Å². The Morgan fingerprint density at radius 3 is 2.34 bits per heavy atom. The fourth-order valence-corrected chi connectivity index (χ4v) is 3.22. The van der Waals surface area contributed by atoms with Crippen molar-refractivity contribution < 1.29 is 14.2 Å². The highest BCUT2D eigenvalue weighted by atomic mass is 35.5. The van der Waals surface area contributed by atoms with Crippen LogP contribution >= 0.6 is 23.2 Å². The summed E-state index contributed by atoms with van der Waals surface area (Å²) in [7, 11) is 1.65. The highest BCUT2D eigenvalue weighted by Gasteiger charge is 2.09. The lowest BCUT2D eigenvalue weighted by atomic mass is 10.2. The van der Waals surface area contributed by atoms with Gasteiger partial charge in [0.05, 0.1) is 13.7 Å². The van der Waals surface area contributed by atoms with Crippen LogP contribution in [0.15, 0.2) is 60.7 Å². The number of nitrogens with one attached hydrogen (secondary N) is 1. The maximum atomic E-state index is 6.23. The van der Waals surface area contributed by atoms with Crippen molar-refractivity contribution in [1.82, 2.24) is 0 Å². The summed E-state index contributed by atoms with van der Waals surface area (Å²) in [5, 5.41) is 4.57. The fourth-order valence-electron chi connectivity index (χ4n) is 2.76. The topological polar surface area (TPSA) is 39.7 Å². The Bertz CT molecular complexity index is 945. The molecule has 0 unspecified atom stereocenters. The number of anilines is 1. The zero-order chi connectivity index (χ0) is 20.6. The summed E-state index contributed by atoms with van der Waals surface area (Å²) < 4.78 is 16.9. The number of hydrogen-bond acceptors (Lipinski definition) is 4. The summed E-state index contributed by atoms with van der Waals surface area (Å²) >= 11 is 12.2. The van der Waals surface area contributed by atoms with E-state index in [1.165, 1.54) is 0 Å². The van der Waals surface area contributed by atoms with Crippen molar-refractivity contribution in [3.63, 3.8) is 0 Å². The molecule has 4 nitrogen and oxygen atoms in total. The molecule has 0 heterocycles. The largest absolute Gasteiger partial charge is 0.497 e. The fraction of sp³-hybridized carbons (Fsp3) is 0.217. The van der Waals surface area contributed by atoms with E-state index in [2.05, 4.69) is 5.32 Å². The predicted molar refractivity (Wildman–Crippen MR) is 119 cm³/mol. The van der Waals surface area contributed by atoms with Crippen molar-refractivity contribution in [2.24, 2.45) is 0 Å². The number of halogens is 2. The van der Waals surface area contributed by atoms with Gasteiger partial charge in [0.15, 0.2) is 11.5 Å². The molecule has 3 rings (SSSR count). The second-order valence-electron chi connectivity index (χ2n) is 6.32. The molecule has 0 aliphatic rings. The summed E-state index contributed by atoms with van der Waals surface area (Å²) in [6.45, 7) is 3.49. The van der Waals surface area contributed by atoms with Crippen LogP contribution in [0.4, 0.5) is 5.69 Å². The van der Waals surface area contributed by atoms with Crippen LogP contribution in [0.3, 0.4) is 0 Å². The van der Waals surface area contributed by atoms with Gasteiger partial charge in [0.2, 0.25) is 0 Å². The highest BCUT2D eigenvalue weighted by molar-refractivity contribution is 6.35. The van der Waals surface area contributed by atoms with Gasteiger partial charge in [-0.1, -0.05) is 35.3 Å². The maximum absolute atomic E-state index is 6.23. The molecule has 0 aliphatic heterocycles. The van der Waals surface area contributed by atoms with E-state index in [9.17, 15) is 0 Å². The van der Waals surface area contributed by atoms with Gasteiger partial charge in [-0.2, -0.15) is 0 Å². The van der Waals surface area contributed by atoms with E-state index in [-0.39, 0.29) is 0 Å². The Labute approximate surface area is 181 Å². The van der Waals surface area contributed by atoms with E-state index >= 15 is 0 Å². The Hall–Kier alpha value is -2.56. The first kappa shape index (κ1) is 21.2. The number of benzene rings is 3. The number of rotatable bonds is 9. The van der Waals surface area contributed by atoms with E-state index in [1.807, 2.05) is 55.5 Å². The van der Waals surface area contributed by atoms with Crippen LogP contribution in [0.1, 0.15) is 18.1 Å². The molecule has 0 aliphatic carbocycles. The van der Waals surface area contributed by atoms with E-state index in [1.54, 1.807) is 19.2 Å². The van der Waals surface area contributed by atoms with Crippen LogP contribution in [-0.2, 0) is 13.2 Å². The normalized spacial score (nSPS) is 10.5. The summed E-state index contributed by atoms with van der Waals surface area (Å²) in [6, 6.07) is 19.1. The Balaban J connectivity index is 1.67. The number of hydrogen-bond donors (Lipinski definition) is 1. The third kappa shape index (κ3) is 5.96. The number of ether oxygens (including phenoxy) is 3. The Morgan fingerprint density at radius 1 is 0.862 bits per heavy atom. The maximum Gasteiger partial charge on any atom is 0.161 e. The van der Waals surface area contributed by atoms with Crippen LogP contribution in [0.5, 0.6) is 17.2 Å². The van der Waals surface area contributed by atoms with Crippen molar-refractivity contribution in [3.8, 4) is 17.2 Å². The summed E-state index contributed by atoms with van der Waals surface area (Å²) in [5.74, 6) is 2.20. The summed E-state index contributed by atoms with van der Waals surface area (Å²) in [5.41, 5.74) is 2.96. The Morgan fingerprint density at radius 2 is 1.66 bits per heavy atom. The van der Waals surface area contributed by atoms with Gasteiger partial charge in [-0.25, -0.2) is 0 Å². The molecule has 6 heteroatoms. The first-order chi connectivity index (χ1) is 14.1. The lowest BCUT2D eigenvalue weighted by Crippen LogP contribution is -2.03. The smallest absolute Gasteiger partial charge is 0.161 e. The van der Waals surface area contributed by atoms with Crippen molar-refractivity contribution in [2.45, 2.75) is 20.1 Å². The van der Waals surface area contributed by atoms with Crippen molar-refractivity contribution in [1.29, 1.82) is 0 Å². The molecule has 0 aromatic heterocycles. The van der Waals surface area contributed by atoms with Gasteiger partial charge in [-0.3, -0.25) is 0 Å². The van der Waals surface area contributed by atoms with Crippen molar-refractivity contribution >= 4 is 28.9 Å². The standard InChI is InChI=1S/C23H23Cl2NO3/c1-3-28-23-12-16(14-26-19-7-9-20(27-2)10-8-19)4-11-22(23)29-15-17-5-6-18(24)13-21(17)25/h4-13,26H,3,14-15H2,1-2H3. The molecule has 0 saturated carbocycles. The van der Waals surface area contributed by atoms with Crippen LogP contribution in [0.2, 0.25) is 10.0 Å². The number of methoxy groups -OCH3 is 1. The van der Waals surface area contributed by atoms with Gasteiger partial charge < -0.3 is 19.5 Å². The molecule has 0 atom stereocenters. The monoisotopic (exact) mass is 431 g/mol. The second kappa shape index (κ2) is 10.3. The zero-order valence-corrected chi connectivity index (χ0v) is 17.9. The van der Waals surface area contributed by atoms with Gasteiger partial charge in [0, 0.05) is 27.8 Å². The first-order valence-electron chi connectivity index (χ1n) is 9.29. The van der Waals surface area contributed by atoms with E-state index in [0.717, 1.165) is 22.6 Å². The molecule has 1 N–H and O–H groups in total. The molecule has 0 amide bonds. The lowest BCUT2D eigenvalue weighted by Gasteiger charge is -2.15. The molecule has 0 fully saturated rings. The third-order valence-electron chi connectivity index (χ3n) is 4.29. The summed E-state index contributed by atoms with van der Waals surface area (Å²) in [4.78, 5) is 0. The van der Waals surface area contributed by atoms with Gasteiger partial charge in [-0.15, -0.1) is 0 Å². The predicted octanol–water partition coefficient (Wildman–Crippen LogP) is 6.59. The minimum atomic E-state index is 0.333. The van der Waals surface area contributed by atoms with Crippen molar-refractivity contribution in [2.75, 3.05) is 19.0 Å². The SMILES string of the molecule is CCOc1cc(CNc2ccc(OC)cc2)ccc1OCc1ccc(Cl)cc1Cl. The third-order valence-corrected chi connectivity index (χ3v) is 4.88. The molecular weight excluding hydrogens is 409 g/mol.